The number of benzene rings is 1. The van der Waals surface area contributed by atoms with E-state index in [1.54, 1.807) is 6.07 Å². The summed E-state index contributed by atoms with van der Waals surface area (Å²) in [6.45, 7) is 4.97. The van der Waals surface area contributed by atoms with E-state index in [2.05, 4.69) is 35.1 Å². The fourth-order valence-corrected chi connectivity index (χ4v) is 2.35. The van der Waals surface area contributed by atoms with E-state index in [-0.39, 0.29) is 5.82 Å². The van der Waals surface area contributed by atoms with Crippen LogP contribution in [0.4, 0.5) is 4.39 Å². The van der Waals surface area contributed by atoms with E-state index in [4.69, 9.17) is 11.6 Å². The van der Waals surface area contributed by atoms with Gasteiger partial charge in [-0.3, -0.25) is 0 Å². The van der Waals surface area contributed by atoms with Crippen molar-refractivity contribution in [3.63, 3.8) is 0 Å². The molecule has 96 valence electrons. The molecule has 0 amide bonds. The molecule has 1 nitrogen and oxygen atoms in total. The average molecular weight is 323 g/mol. The molecule has 0 aromatic heterocycles. The van der Waals surface area contributed by atoms with Gasteiger partial charge in [-0.15, -0.1) is 11.6 Å². The maximum atomic E-state index is 13.3. The van der Waals surface area contributed by atoms with E-state index in [1.165, 1.54) is 6.07 Å². The third-order valence-electron chi connectivity index (χ3n) is 2.81. The first kappa shape index (κ1) is 14.9. The van der Waals surface area contributed by atoms with E-state index in [0.29, 0.717) is 28.9 Å². The molecule has 1 aromatic rings. The van der Waals surface area contributed by atoms with Crippen molar-refractivity contribution in [2.24, 2.45) is 5.92 Å². The maximum absolute atomic E-state index is 13.3. The van der Waals surface area contributed by atoms with Crippen LogP contribution in [0.3, 0.4) is 0 Å². The second kappa shape index (κ2) is 7.34. The van der Waals surface area contributed by atoms with Gasteiger partial charge < -0.3 is 5.32 Å². The SMILES string of the molecule is CC(C)C(CCCl)NCc1cccc(F)c1Br. The highest BCUT2D eigenvalue weighted by molar-refractivity contribution is 9.10. The first-order valence-electron chi connectivity index (χ1n) is 5.78. The van der Waals surface area contributed by atoms with Gasteiger partial charge in [0.15, 0.2) is 0 Å². The highest BCUT2D eigenvalue weighted by Crippen LogP contribution is 2.20. The Kier molecular flexibility index (Phi) is 6.45. The van der Waals surface area contributed by atoms with Gasteiger partial charge in [0.2, 0.25) is 0 Å². The summed E-state index contributed by atoms with van der Waals surface area (Å²) in [5.41, 5.74) is 0.935. The highest BCUT2D eigenvalue weighted by Gasteiger charge is 2.13. The molecular formula is C13H18BrClFN. The second-order valence-electron chi connectivity index (χ2n) is 4.42. The van der Waals surface area contributed by atoms with E-state index >= 15 is 0 Å². The van der Waals surface area contributed by atoms with Gasteiger partial charge in [0, 0.05) is 18.5 Å². The van der Waals surface area contributed by atoms with Crippen LogP contribution >= 0.6 is 27.5 Å². The van der Waals surface area contributed by atoms with Crippen molar-refractivity contribution in [3.8, 4) is 0 Å². The molecule has 1 aromatic carbocycles. The molecule has 0 fully saturated rings. The first-order chi connectivity index (χ1) is 8.06. The largest absolute Gasteiger partial charge is 0.310 e. The van der Waals surface area contributed by atoms with E-state index < -0.39 is 0 Å². The lowest BCUT2D eigenvalue weighted by molar-refractivity contribution is 0.388. The number of halogens is 3. The molecule has 17 heavy (non-hydrogen) atoms. The zero-order valence-electron chi connectivity index (χ0n) is 10.1. The van der Waals surface area contributed by atoms with Gasteiger partial charge in [0.25, 0.3) is 0 Å². The van der Waals surface area contributed by atoms with E-state index in [0.717, 1.165) is 12.0 Å². The van der Waals surface area contributed by atoms with Crippen molar-refractivity contribution in [1.82, 2.24) is 5.32 Å². The zero-order chi connectivity index (χ0) is 12.8. The van der Waals surface area contributed by atoms with Crippen molar-refractivity contribution >= 4 is 27.5 Å². The molecule has 0 radical (unpaired) electrons. The van der Waals surface area contributed by atoms with Crippen LogP contribution in [0.5, 0.6) is 0 Å². The molecule has 1 unspecified atom stereocenters. The third kappa shape index (κ3) is 4.57. The number of alkyl halides is 1. The van der Waals surface area contributed by atoms with Crippen molar-refractivity contribution in [2.75, 3.05) is 5.88 Å². The van der Waals surface area contributed by atoms with Crippen LogP contribution in [-0.2, 0) is 6.54 Å². The molecule has 0 saturated carbocycles. The minimum atomic E-state index is -0.220. The summed E-state index contributed by atoms with van der Waals surface area (Å²) in [6.07, 6.45) is 0.923. The van der Waals surface area contributed by atoms with Crippen LogP contribution in [0.2, 0.25) is 0 Å². The Balaban J connectivity index is 2.62. The zero-order valence-corrected chi connectivity index (χ0v) is 12.5. The van der Waals surface area contributed by atoms with Gasteiger partial charge >= 0.3 is 0 Å². The van der Waals surface area contributed by atoms with Gasteiger partial charge in [0.1, 0.15) is 5.82 Å². The van der Waals surface area contributed by atoms with Gasteiger partial charge in [-0.25, -0.2) is 4.39 Å². The summed E-state index contributed by atoms with van der Waals surface area (Å²) in [4.78, 5) is 0. The lowest BCUT2D eigenvalue weighted by atomic mass is 10.0. The Hall–Kier alpha value is -0.120. The highest BCUT2D eigenvalue weighted by atomic mass is 79.9. The molecule has 4 heteroatoms. The predicted molar refractivity (Wildman–Crippen MR) is 74.9 cm³/mol. The molecule has 0 aliphatic carbocycles. The summed E-state index contributed by atoms with van der Waals surface area (Å²) in [5.74, 6) is 0.934. The van der Waals surface area contributed by atoms with Gasteiger partial charge in [-0.05, 0) is 39.9 Å². The Labute approximate surface area is 116 Å². The first-order valence-corrected chi connectivity index (χ1v) is 7.11. The molecule has 1 rings (SSSR count). The van der Waals surface area contributed by atoms with Crippen LogP contribution in [0.25, 0.3) is 0 Å². The fraction of sp³-hybridized carbons (Fsp3) is 0.538. The van der Waals surface area contributed by atoms with E-state index in [9.17, 15) is 4.39 Å². The number of nitrogens with one attached hydrogen (secondary N) is 1. The Morgan fingerprint density at radius 3 is 2.71 bits per heavy atom. The number of hydrogen-bond donors (Lipinski definition) is 1. The molecule has 0 heterocycles. The van der Waals surface area contributed by atoms with Crippen molar-refractivity contribution in [1.29, 1.82) is 0 Å². The fourth-order valence-electron chi connectivity index (χ4n) is 1.71. The van der Waals surface area contributed by atoms with Crippen LogP contribution in [-0.4, -0.2) is 11.9 Å². The Morgan fingerprint density at radius 2 is 2.12 bits per heavy atom. The predicted octanol–water partition coefficient (Wildman–Crippen LogP) is 4.33. The van der Waals surface area contributed by atoms with Gasteiger partial charge in [-0.1, -0.05) is 26.0 Å². The standard InChI is InChI=1S/C13H18BrClFN/c1-9(2)12(6-7-15)17-8-10-4-3-5-11(16)13(10)14/h3-5,9,12,17H,6-8H2,1-2H3. The molecule has 1 N–H and O–H groups in total. The smallest absolute Gasteiger partial charge is 0.137 e. The maximum Gasteiger partial charge on any atom is 0.137 e. The van der Waals surface area contributed by atoms with Crippen molar-refractivity contribution < 1.29 is 4.39 Å². The summed E-state index contributed by atoms with van der Waals surface area (Å²) < 4.78 is 13.9. The lowest BCUT2D eigenvalue weighted by Crippen LogP contribution is -2.33. The van der Waals surface area contributed by atoms with Crippen molar-refractivity contribution in [3.05, 3.63) is 34.1 Å². The number of rotatable bonds is 6. The summed E-state index contributed by atoms with van der Waals surface area (Å²) >= 11 is 9.03. The van der Waals surface area contributed by atoms with E-state index in [1.807, 2.05) is 6.07 Å². The minimum absolute atomic E-state index is 0.220. The minimum Gasteiger partial charge on any atom is -0.310 e. The molecule has 0 aliphatic rings. The molecule has 0 saturated heterocycles. The molecular weight excluding hydrogens is 305 g/mol. The Morgan fingerprint density at radius 1 is 1.41 bits per heavy atom. The molecule has 0 bridgehead atoms. The Bertz CT molecular complexity index is 357. The quantitative estimate of drug-likeness (QED) is 0.769. The van der Waals surface area contributed by atoms with Gasteiger partial charge in [0.05, 0.1) is 4.47 Å². The van der Waals surface area contributed by atoms with Crippen LogP contribution in [0.1, 0.15) is 25.8 Å². The molecule has 1 atom stereocenters. The van der Waals surface area contributed by atoms with Gasteiger partial charge in [-0.2, -0.15) is 0 Å². The topological polar surface area (TPSA) is 12.0 Å². The lowest BCUT2D eigenvalue weighted by Gasteiger charge is -2.22. The van der Waals surface area contributed by atoms with Crippen LogP contribution in [0.15, 0.2) is 22.7 Å². The summed E-state index contributed by atoms with van der Waals surface area (Å²) in [6, 6.07) is 5.45. The third-order valence-corrected chi connectivity index (χ3v) is 3.92. The normalized spacial score (nSPS) is 13.1. The van der Waals surface area contributed by atoms with Crippen molar-refractivity contribution in [2.45, 2.75) is 32.9 Å². The monoisotopic (exact) mass is 321 g/mol. The summed E-state index contributed by atoms with van der Waals surface area (Å²) in [5, 5.41) is 3.42. The second-order valence-corrected chi connectivity index (χ2v) is 5.59. The van der Waals surface area contributed by atoms with Crippen LogP contribution < -0.4 is 5.32 Å². The summed E-state index contributed by atoms with van der Waals surface area (Å²) in [7, 11) is 0. The van der Waals surface area contributed by atoms with Crippen LogP contribution in [0, 0.1) is 11.7 Å². The average Bonchev–Trinajstić information content (AvgIpc) is 2.29. The molecule has 0 aliphatic heterocycles. The number of hydrogen-bond acceptors (Lipinski definition) is 1. The molecule has 0 spiro atoms.